The molecule has 4 heteroatoms. The van der Waals surface area contributed by atoms with Gasteiger partial charge in [-0.15, -0.1) is 0 Å². The predicted octanol–water partition coefficient (Wildman–Crippen LogP) is 6.56. The number of esters is 1. The number of carbonyl (C=O) groups is 2. The van der Waals surface area contributed by atoms with Gasteiger partial charge in [0.25, 0.3) is 0 Å². The summed E-state index contributed by atoms with van der Waals surface area (Å²) < 4.78 is 5.67. The third-order valence-corrected chi connectivity index (χ3v) is 5.64. The second-order valence-corrected chi connectivity index (χ2v) is 9.58. The Morgan fingerprint density at radius 3 is 2.04 bits per heavy atom. The first-order valence-corrected chi connectivity index (χ1v) is 11.6. The van der Waals surface area contributed by atoms with E-state index in [1.165, 1.54) is 32.1 Å². The molecule has 0 atom stereocenters. The van der Waals surface area contributed by atoms with Gasteiger partial charge in [-0.1, -0.05) is 66.2 Å². The summed E-state index contributed by atoms with van der Waals surface area (Å²) in [5, 5.41) is 2.98. The van der Waals surface area contributed by atoms with Crippen molar-refractivity contribution >= 4 is 11.9 Å². The number of nitrogens with one attached hydrogen (secondary N) is 1. The standard InChI is InChI=1S/C24H47NO3/c1-7-9-10-11-12-15-20-25-21(26)16-13-14-17-22(27)28-24(5,6)19-18-23(3,4)8-2/h7-20H2,1-6H3,(H,25,26). The summed E-state index contributed by atoms with van der Waals surface area (Å²) in [5.74, 6) is -0.0455. The van der Waals surface area contributed by atoms with Crippen LogP contribution >= 0.6 is 0 Å². The Kier molecular flexibility index (Phi) is 14.3. The fourth-order valence-electron chi connectivity index (χ4n) is 3.00. The largest absolute Gasteiger partial charge is 0.460 e. The van der Waals surface area contributed by atoms with Crippen LogP contribution < -0.4 is 5.32 Å². The summed E-state index contributed by atoms with van der Waals surface area (Å²) in [6.07, 6.45) is 12.8. The highest BCUT2D eigenvalue weighted by Gasteiger charge is 2.26. The third kappa shape index (κ3) is 15.9. The van der Waals surface area contributed by atoms with Crippen molar-refractivity contribution in [3.63, 3.8) is 0 Å². The smallest absolute Gasteiger partial charge is 0.306 e. The van der Waals surface area contributed by atoms with E-state index in [4.69, 9.17) is 4.74 Å². The van der Waals surface area contributed by atoms with E-state index < -0.39 is 5.60 Å². The van der Waals surface area contributed by atoms with Gasteiger partial charge in [-0.25, -0.2) is 0 Å². The molecule has 0 radical (unpaired) electrons. The number of ether oxygens (including phenoxy) is 1. The number of unbranched alkanes of at least 4 members (excludes halogenated alkanes) is 6. The molecule has 0 rings (SSSR count). The molecule has 0 saturated carbocycles. The van der Waals surface area contributed by atoms with E-state index in [2.05, 4.69) is 33.0 Å². The molecular weight excluding hydrogens is 350 g/mol. The van der Waals surface area contributed by atoms with Crippen molar-refractivity contribution in [2.24, 2.45) is 5.41 Å². The van der Waals surface area contributed by atoms with Crippen LogP contribution in [-0.2, 0) is 14.3 Å². The Labute approximate surface area is 174 Å². The average Bonchev–Trinajstić information content (AvgIpc) is 2.63. The first-order chi connectivity index (χ1) is 13.1. The van der Waals surface area contributed by atoms with Gasteiger partial charge >= 0.3 is 5.97 Å². The molecule has 0 heterocycles. The minimum atomic E-state index is -0.419. The molecule has 0 aromatic rings. The second-order valence-electron chi connectivity index (χ2n) is 9.58. The average molecular weight is 398 g/mol. The zero-order valence-corrected chi connectivity index (χ0v) is 19.6. The molecule has 0 spiro atoms. The molecule has 1 N–H and O–H groups in total. The van der Waals surface area contributed by atoms with Crippen molar-refractivity contribution in [1.29, 1.82) is 0 Å². The van der Waals surface area contributed by atoms with Gasteiger partial charge in [-0.3, -0.25) is 9.59 Å². The maximum Gasteiger partial charge on any atom is 0.306 e. The Morgan fingerprint density at radius 1 is 0.786 bits per heavy atom. The van der Waals surface area contributed by atoms with Crippen LogP contribution in [0.2, 0.25) is 0 Å². The highest BCUT2D eigenvalue weighted by Crippen LogP contribution is 2.31. The predicted molar refractivity (Wildman–Crippen MR) is 118 cm³/mol. The summed E-state index contributed by atoms with van der Waals surface area (Å²) >= 11 is 0. The van der Waals surface area contributed by atoms with Crippen LogP contribution in [0.15, 0.2) is 0 Å². The van der Waals surface area contributed by atoms with Crippen LogP contribution in [-0.4, -0.2) is 24.0 Å². The Hall–Kier alpha value is -1.06. The van der Waals surface area contributed by atoms with Gasteiger partial charge in [-0.05, 0) is 51.4 Å². The lowest BCUT2D eigenvalue weighted by atomic mass is 9.82. The van der Waals surface area contributed by atoms with E-state index in [0.717, 1.165) is 38.6 Å². The van der Waals surface area contributed by atoms with Crippen molar-refractivity contribution in [2.75, 3.05) is 6.54 Å². The fourth-order valence-corrected chi connectivity index (χ4v) is 3.00. The molecule has 0 aliphatic heterocycles. The van der Waals surface area contributed by atoms with Crippen LogP contribution in [0.3, 0.4) is 0 Å². The first kappa shape index (κ1) is 26.9. The second kappa shape index (κ2) is 14.9. The lowest BCUT2D eigenvalue weighted by Gasteiger charge is -2.30. The van der Waals surface area contributed by atoms with E-state index in [0.29, 0.717) is 19.3 Å². The molecule has 1 amide bonds. The minimum Gasteiger partial charge on any atom is -0.460 e. The normalized spacial score (nSPS) is 12.1. The van der Waals surface area contributed by atoms with Gasteiger partial charge in [0.1, 0.15) is 5.60 Å². The zero-order chi connectivity index (χ0) is 21.5. The van der Waals surface area contributed by atoms with E-state index in [9.17, 15) is 9.59 Å². The number of hydrogen-bond donors (Lipinski definition) is 1. The number of amides is 1. The van der Waals surface area contributed by atoms with Gasteiger partial charge in [0.2, 0.25) is 5.91 Å². The number of rotatable bonds is 17. The van der Waals surface area contributed by atoms with Crippen molar-refractivity contribution in [3.8, 4) is 0 Å². The van der Waals surface area contributed by atoms with Crippen molar-refractivity contribution in [3.05, 3.63) is 0 Å². The summed E-state index contributed by atoms with van der Waals surface area (Å²) in [7, 11) is 0. The summed E-state index contributed by atoms with van der Waals surface area (Å²) in [5.41, 5.74) is -0.134. The monoisotopic (exact) mass is 397 g/mol. The maximum absolute atomic E-state index is 12.1. The van der Waals surface area contributed by atoms with Crippen LogP contribution in [0.1, 0.15) is 125 Å². The first-order valence-electron chi connectivity index (χ1n) is 11.6. The molecule has 0 aliphatic rings. The molecule has 0 fully saturated rings. The minimum absolute atomic E-state index is 0.101. The van der Waals surface area contributed by atoms with Gasteiger partial charge in [0.05, 0.1) is 0 Å². The van der Waals surface area contributed by atoms with Gasteiger partial charge in [0.15, 0.2) is 0 Å². The molecule has 0 saturated heterocycles. The molecule has 0 unspecified atom stereocenters. The van der Waals surface area contributed by atoms with E-state index in [-0.39, 0.29) is 17.3 Å². The lowest BCUT2D eigenvalue weighted by molar-refractivity contribution is -0.157. The SMILES string of the molecule is CCCCCCCCNC(=O)CCCCC(=O)OC(C)(C)CCC(C)(C)CC. The van der Waals surface area contributed by atoms with Crippen LogP contribution in [0.4, 0.5) is 0 Å². The fraction of sp³-hybridized carbons (Fsp3) is 0.917. The van der Waals surface area contributed by atoms with E-state index in [1.807, 2.05) is 13.8 Å². The summed E-state index contributed by atoms with van der Waals surface area (Å²) in [4.78, 5) is 23.9. The van der Waals surface area contributed by atoms with Crippen molar-refractivity contribution in [1.82, 2.24) is 5.32 Å². The highest BCUT2D eigenvalue weighted by atomic mass is 16.6. The van der Waals surface area contributed by atoms with Crippen molar-refractivity contribution < 1.29 is 14.3 Å². The molecule has 0 bridgehead atoms. The zero-order valence-electron chi connectivity index (χ0n) is 19.6. The molecule has 0 aromatic carbocycles. The number of hydrogen-bond acceptors (Lipinski definition) is 3. The number of carbonyl (C=O) groups excluding carboxylic acids is 2. The van der Waals surface area contributed by atoms with Crippen LogP contribution in [0.25, 0.3) is 0 Å². The Bertz CT molecular complexity index is 430. The quantitative estimate of drug-likeness (QED) is 0.223. The molecule has 0 aromatic heterocycles. The van der Waals surface area contributed by atoms with Crippen molar-refractivity contribution in [2.45, 2.75) is 131 Å². The third-order valence-electron chi connectivity index (χ3n) is 5.64. The lowest BCUT2D eigenvalue weighted by Crippen LogP contribution is -2.30. The maximum atomic E-state index is 12.1. The van der Waals surface area contributed by atoms with E-state index in [1.54, 1.807) is 0 Å². The van der Waals surface area contributed by atoms with Crippen LogP contribution in [0, 0.1) is 5.41 Å². The van der Waals surface area contributed by atoms with Gasteiger partial charge in [-0.2, -0.15) is 0 Å². The summed E-state index contributed by atoms with van der Waals surface area (Å²) in [6, 6.07) is 0. The van der Waals surface area contributed by atoms with Crippen LogP contribution in [0.5, 0.6) is 0 Å². The van der Waals surface area contributed by atoms with Gasteiger partial charge < -0.3 is 10.1 Å². The van der Waals surface area contributed by atoms with E-state index >= 15 is 0 Å². The summed E-state index contributed by atoms with van der Waals surface area (Å²) in [6.45, 7) is 13.7. The Morgan fingerprint density at radius 2 is 1.39 bits per heavy atom. The molecule has 0 aliphatic carbocycles. The molecule has 166 valence electrons. The topological polar surface area (TPSA) is 55.4 Å². The Balaban J connectivity index is 3.75. The molecular formula is C24H47NO3. The van der Waals surface area contributed by atoms with Gasteiger partial charge in [0, 0.05) is 19.4 Å². The highest BCUT2D eigenvalue weighted by molar-refractivity contribution is 5.75. The molecule has 4 nitrogen and oxygen atoms in total. The molecule has 28 heavy (non-hydrogen) atoms.